The van der Waals surface area contributed by atoms with Crippen LogP contribution in [0.2, 0.25) is 0 Å². The van der Waals surface area contributed by atoms with Crippen LogP contribution in [-0.2, 0) is 6.18 Å². The maximum Gasteiger partial charge on any atom is 0.416 e. The van der Waals surface area contributed by atoms with Crippen LogP contribution in [0.15, 0.2) is 36.9 Å². The molecule has 16 heavy (non-hydrogen) atoms. The van der Waals surface area contributed by atoms with Gasteiger partial charge in [-0.15, -0.1) is 6.58 Å². The molecular formula is C12H14F3N. The van der Waals surface area contributed by atoms with Crippen molar-refractivity contribution in [2.75, 3.05) is 0 Å². The van der Waals surface area contributed by atoms with Crippen LogP contribution < -0.4 is 5.73 Å². The van der Waals surface area contributed by atoms with E-state index in [-0.39, 0.29) is 6.04 Å². The summed E-state index contributed by atoms with van der Waals surface area (Å²) in [6, 6.07) is 4.77. The van der Waals surface area contributed by atoms with Crippen LogP contribution in [0.5, 0.6) is 0 Å². The van der Waals surface area contributed by atoms with E-state index in [1.54, 1.807) is 12.1 Å². The van der Waals surface area contributed by atoms with E-state index >= 15 is 0 Å². The minimum absolute atomic E-state index is 0.375. The molecule has 88 valence electrons. The molecule has 0 heterocycles. The Hall–Kier alpha value is -1.29. The third-order valence-electron chi connectivity index (χ3n) is 2.32. The first-order valence-electron chi connectivity index (χ1n) is 4.99. The molecular weight excluding hydrogens is 215 g/mol. The third kappa shape index (κ3) is 3.38. The number of hydrogen-bond donors (Lipinski definition) is 1. The fourth-order valence-electron chi connectivity index (χ4n) is 1.41. The molecule has 0 aliphatic carbocycles. The van der Waals surface area contributed by atoms with Crippen LogP contribution >= 0.6 is 0 Å². The van der Waals surface area contributed by atoms with Gasteiger partial charge in [-0.05, 0) is 30.5 Å². The van der Waals surface area contributed by atoms with Gasteiger partial charge in [0.25, 0.3) is 0 Å². The average Bonchev–Trinajstić information content (AvgIpc) is 2.25. The minimum atomic E-state index is -4.31. The van der Waals surface area contributed by atoms with E-state index in [1.165, 1.54) is 6.07 Å². The summed E-state index contributed by atoms with van der Waals surface area (Å²) in [5, 5.41) is 0. The van der Waals surface area contributed by atoms with Crippen LogP contribution in [0.4, 0.5) is 13.2 Å². The molecule has 1 aromatic carbocycles. The molecule has 1 atom stereocenters. The monoisotopic (exact) mass is 229 g/mol. The Bertz CT molecular complexity index is 358. The normalized spacial score (nSPS) is 13.5. The van der Waals surface area contributed by atoms with E-state index in [1.807, 2.05) is 0 Å². The number of hydrogen-bond acceptors (Lipinski definition) is 1. The Labute approximate surface area is 92.8 Å². The zero-order valence-corrected chi connectivity index (χ0v) is 8.80. The van der Waals surface area contributed by atoms with E-state index in [2.05, 4.69) is 6.58 Å². The molecule has 0 fully saturated rings. The molecule has 0 aromatic heterocycles. The molecule has 1 nitrogen and oxygen atoms in total. The van der Waals surface area contributed by atoms with E-state index in [0.717, 1.165) is 12.1 Å². The van der Waals surface area contributed by atoms with Crippen LogP contribution in [-0.4, -0.2) is 0 Å². The maximum absolute atomic E-state index is 12.4. The standard InChI is InChI=1S/C12H14F3N/c1-2-3-7-11(16)9-5-4-6-10(8-9)12(13,14)15/h2,4-6,8,11H,1,3,7,16H2/t11-/m0/s1. The van der Waals surface area contributed by atoms with Crippen molar-refractivity contribution in [1.29, 1.82) is 0 Å². The summed E-state index contributed by atoms with van der Waals surface area (Å²) < 4.78 is 37.3. The Morgan fingerprint density at radius 3 is 2.62 bits per heavy atom. The third-order valence-corrected chi connectivity index (χ3v) is 2.32. The molecule has 0 aliphatic heterocycles. The second-order valence-corrected chi connectivity index (χ2v) is 3.60. The van der Waals surface area contributed by atoms with E-state index < -0.39 is 11.7 Å². The molecule has 0 saturated carbocycles. The molecule has 0 radical (unpaired) electrons. The zero-order chi connectivity index (χ0) is 12.2. The number of rotatable bonds is 4. The van der Waals surface area contributed by atoms with Gasteiger partial charge in [0, 0.05) is 6.04 Å². The topological polar surface area (TPSA) is 26.0 Å². The molecule has 0 unspecified atom stereocenters. The van der Waals surface area contributed by atoms with Gasteiger partial charge in [-0.2, -0.15) is 13.2 Å². The molecule has 0 saturated heterocycles. The van der Waals surface area contributed by atoms with Crippen LogP contribution in [0.3, 0.4) is 0 Å². The SMILES string of the molecule is C=CCC[C@H](N)c1cccc(C(F)(F)F)c1. The Morgan fingerprint density at radius 1 is 1.38 bits per heavy atom. The maximum atomic E-state index is 12.4. The highest BCUT2D eigenvalue weighted by Crippen LogP contribution is 2.30. The number of benzene rings is 1. The zero-order valence-electron chi connectivity index (χ0n) is 8.80. The smallest absolute Gasteiger partial charge is 0.324 e. The van der Waals surface area contributed by atoms with Crippen molar-refractivity contribution in [1.82, 2.24) is 0 Å². The molecule has 4 heteroatoms. The fourth-order valence-corrected chi connectivity index (χ4v) is 1.41. The van der Waals surface area contributed by atoms with E-state index in [4.69, 9.17) is 5.73 Å². The van der Waals surface area contributed by atoms with Gasteiger partial charge in [0.1, 0.15) is 0 Å². The lowest BCUT2D eigenvalue weighted by atomic mass is 10.0. The molecule has 1 aromatic rings. The first kappa shape index (κ1) is 12.8. The predicted octanol–water partition coefficient (Wildman–Crippen LogP) is 3.67. The van der Waals surface area contributed by atoms with Gasteiger partial charge in [0.15, 0.2) is 0 Å². The highest BCUT2D eigenvalue weighted by molar-refractivity contribution is 5.27. The molecule has 1 rings (SSSR count). The van der Waals surface area contributed by atoms with E-state index in [0.29, 0.717) is 18.4 Å². The van der Waals surface area contributed by atoms with Crippen LogP contribution in [0.25, 0.3) is 0 Å². The van der Waals surface area contributed by atoms with Gasteiger partial charge < -0.3 is 5.73 Å². The lowest BCUT2D eigenvalue weighted by Gasteiger charge is -2.13. The van der Waals surface area contributed by atoms with Crippen molar-refractivity contribution in [3.05, 3.63) is 48.0 Å². The largest absolute Gasteiger partial charge is 0.416 e. The first-order valence-corrected chi connectivity index (χ1v) is 4.99. The summed E-state index contributed by atoms with van der Waals surface area (Å²) in [7, 11) is 0. The van der Waals surface area contributed by atoms with Crippen molar-refractivity contribution in [3.8, 4) is 0 Å². The van der Waals surface area contributed by atoms with Crippen molar-refractivity contribution < 1.29 is 13.2 Å². The predicted molar refractivity (Wildman–Crippen MR) is 57.8 cm³/mol. The number of halogens is 3. The number of allylic oxidation sites excluding steroid dienone is 1. The van der Waals surface area contributed by atoms with Gasteiger partial charge in [-0.1, -0.05) is 18.2 Å². The van der Waals surface area contributed by atoms with Crippen LogP contribution in [0.1, 0.15) is 30.0 Å². The molecule has 0 amide bonds. The molecule has 2 N–H and O–H groups in total. The van der Waals surface area contributed by atoms with Crippen molar-refractivity contribution >= 4 is 0 Å². The molecule has 0 bridgehead atoms. The lowest BCUT2D eigenvalue weighted by molar-refractivity contribution is -0.137. The van der Waals surface area contributed by atoms with Gasteiger partial charge in [-0.3, -0.25) is 0 Å². The summed E-state index contributed by atoms with van der Waals surface area (Å²) in [6.07, 6.45) is -1.32. The highest BCUT2D eigenvalue weighted by Gasteiger charge is 2.30. The van der Waals surface area contributed by atoms with Gasteiger partial charge in [-0.25, -0.2) is 0 Å². The summed E-state index contributed by atoms with van der Waals surface area (Å²) in [5.41, 5.74) is 5.64. The Kier molecular flexibility index (Phi) is 4.12. The quantitative estimate of drug-likeness (QED) is 0.783. The fraction of sp³-hybridized carbons (Fsp3) is 0.333. The van der Waals surface area contributed by atoms with Crippen LogP contribution in [0, 0.1) is 0 Å². The molecule has 0 aliphatic rings. The summed E-state index contributed by atoms with van der Waals surface area (Å²) in [4.78, 5) is 0. The summed E-state index contributed by atoms with van der Waals surface area (Å²) in [5.74, 6) is 0. The lowest BCUT2D eigenvalue weighted by Crippen LogP contribution is -2.12. The Morgan fingerprint density at radius 2 is 2.06 bits per heavy atom. The minimum Gasteiger partial charge on any atom is -0.324 e. The summed E-state index contributed by atoms with van der Waals surface area (Å²) >= 11 is 0. The number of alkyl halides is 3. The van der Waals surface area contributed by atoms with E-state index in [9.17, 15) is 13.2 Å². The number of nitrogens with two attached hydrogens (primary N) is 1. The summed E-state index contributed by atoms with van der Waals surface area (Å²) in [6.45, 7) is 3.55. The molecule has 0 spiro atoms. The highest BCUT2D eigenvalue weighted by atomic mass is 19.4. The first-order chi connectivity index (χ1) is 7.45. The van der Waals surface area contributed by atoms with Gasteiger partial charge in [0.05, 0.1) is 5.56 Å². The average molecular weight is 229 g/mol. The van der Waals surface area contributed by atoms with Crippen molar-refractivity contribution in [3.63, 3.8) is 0 Å². The van der Waals surface area contributed by atoms with Crippen molar-refractivity contribution in [2.45, 2.75) is 25.1 Å². The van der Waals surface area contributed by atoms with Gasteiger partial charge in [0.2, 0.25) is 0 Å². The Balaban J connectivity index is 2.85. The second-order valence-electron chi connectivity index (χ2n) is 3.60. The van der Waals surface area contributed by atoms with Gasteiger partial charge >= 0.3 is 6.18 Å². The van der Waals surface area contributed by atoms with Crippen molar-refractivity contribution in [2.24, 2.45) is 5.73 Å². The second kappa shape index (κ2) is 5.16.